The van der Waals surface area contributed by atoms with Crippen molar-refractivity contribution in [1.82, 2.24) is 0 Å². The highest BCUT2D eigenvalue weighted by atomic mass is 79.9. The maximum absolute atomic E-state index is 11.4. The second-order valence-corrected chi connectivity index (χ2v) is 8.70. The van der Waals surface area contributed by atoms with Gasteiger partial charge in [-0.2, -0.15) is 0 Å². The Balaban J connectivity index is 1.49. The van der Waals surface area contributed by atoms with Crippen molar-refractivity contribution in [3.8, 4) is 11.5 Å². The van der Waals surface area contributed by atoms with Crippen LogP contribution in [0.2, 0.25) is 0 Å². The molecule has 4 nitrogen and oxygen atoms in total. The van der Waals surface area contributed by atoms with E-state index >= 15 is 0 Å². The van der Waals surface area contributed by atoms with Crippen LogP contribution in [0.3, 0.4) is 0 Å². The number of sulfone groups is 1. The van der Waals surface area contributed by atoms with Crippen molar-refractivity contribution in [3.05, 3.63) is 65.1 Å². The molecule has 0 atom stereocenters. The van der Waals surface area contributed by atoms with Gasteiger partial charge in [0.2, 0.25) is 0 Å². The summed E-state index contributed by atoms with van der Waals surface area (Å²) in [6.45, 7) is 1.02. The van der Waals surface area contributed by atoms with Gasteiger partial charge in [0, 0.05) is 12.7 Å². The zero-order valence-corrected chi connectivity index (χ0v) is 16.7. The van der Waals surface area contributed by atoms with Crippen LogP contribution in [0.25, 0.3) is 10.8 Å². The summed E-state index contributed by atoms with van der Waals surface area (Å²) in [5, 5.41) is 2.28. The first-order valence-electron chi connectivity index (χ1n) is 8.18. The minimum Gasteiger partial charge on any atom is -0.493 e. The summed E-state index contributed by atoms with van der Waals surface area (Å²) in [5.41, 5.74) is 0. The molecule has 136 valence electrons. The molecule has 26 heavy (non-hydrogen) atoms. The van der Waals surface area contributed by atoms with Crippen molar-refractivity contribution in [2.75, 3.05) is 19.5 Å². The van der Waals surface area contributed by atoms with Crippen molar-refractivity contribution >= 4 is 36.5 Å². The van der Waals surface area contributed by atoms with E-state index in [9.17, 15) is 8.42 Å². The van der Waals surface area contributed by atoms with Crippen LogP contribution in [-0.4, -0.2) is 27.9 Å². The molecule has 0 aliphatic rings. The van der Waals surface area contributed by atoms with Crippen LogP contribution in [0.15, 0.2) is 70.0 Å². The number of benzene rings is 3. The zero-order valence-electron chi connectivity index (χ0n) is 14.3. The van der Waals surface area contributed by atoms with Gasteiger partial charge in [0.1, 0.15) is 11.5 Å². The highest BCUT2D eigenvalue weighted by Gasteiger charge is 2.07. The van der Waals surface area contributed by atoms with Crippen LogP contribution in [0.5, 0.6) is 11.5 Å². The van der Waals surface area contributed by atoms with Gasteiger partial charge in [-0.1, -0.05) is 30.3 Å². The number of ether oxygens (including phenoxy) is 2. The van der Waals surface area contributed by atoms with Gasteiger partial charge in [0.05, 0.1) is 22.6 Å². The number of halogens is 1. The zero-order chi connectivity index (χ0) is 18.6. The molecule has 3 rings (SSSR count). The van der Waals surface area contributed by atoms with Crippen LogP contribution >= 0.6 is 15.9 Å². The molecule has 0 saturated heterocycles. The van der Waals surface area contributed by atoms with E-state index in [2.05, 4.69) is 28.1 Å². The largest absolute Gasteiger partial charge is 0.493 e. The highest BCUT2D eigenvalue weighted by Crippen LogP contribution is 2.33. The van der Waals surface area contributed by atoms with Crippen LogP contribution in [0, 0.1) is 0 Å². The third-order valence-corrected chi connectivity index (χ3v) is 5.84. The fourth-order valence-electron chi connectivity index (χ4n) is 2.54. The smallest absolute Gasteiger partial charge is 0.175 e. The summed E-state index contributed by atoms with van der Waals surface area (Å²) >= 11 is 3.61. The monoisotopic (exact) mass is 434 g/mol. The lowest BCUT2D eigenvalue weighted by Gasteiger charge is -2.11. The Bertz CT molecular complexity index is 998. The lowest BCUT2D eigenvalue weighted by Crippen LogP contribution is -2.05. The number of hydrogen-bond donors (Lipinski definition) is 0. The molecule has 0 saturated carbocycles. The topological polar surface area (TPSA) is 52.6 Å². The molecule has 0 radical (unpaired) electrons. The third kappa shape index (κ3) is 4.56. The van der Waals surface area contributed by atoms with Crippen LogP contribution in [0.1, 0.15) is 6.42 Å². The Morgan fingerprint density at radius 3 is 2.31 bits per heavy atom. The molecule has 3 aromatic rings. The van der Waals surface area contributed by atoms with Gasteiger partial charge in [0.15, 0.2) is 9.84 Å². The molecule has 0 unspecified atom stereocenters. The molecule has 0 bridgehead atoms. The van der Waals surface area contributed by atoms with Crippen molar-refractivity contribution in [3.63, 3.8) is 0 Å². The molecule has 0 amide bonds. The van der Waals surface area contributed by atoms with Crippen molar-refractivity contribution in [2.45, 2.75) is 11.3 Å². The molecule has 0 heterocycles. The molecule has 0 spiro atoms. The fourth-order valence-corrected chi connectivity index (χ4v) is 3.78. The minimum absolute atomic E-state index is 0.286. The molecule has 0 aliphatic carbocycles. The van der Waals surface area contributed by atoms with E-state index in [-0.39, 0.29) is 4.90 Å². The van der Waals surface area contributed by atoms with Crippen molar-refractivity contribution < 1.29 is 17.9 Å². The third-order valence-electron chi connectivity index (χ3n) is 3.89. The van der Waals surface area contributed by atoms with E-state index < -0.39 is 9.84 Å². The normalized spacial score (nSPS) is 11.5. The quantitative estimate of drug-likeness (QED) is 0.498. The van der Waals surface area contributed by atoms with Crippen LogP contribution in [0.4, 0.5) is 0 Å². The maximum Gasteiger partial charge on any atom is 0.175 e. The Morgan fingerprint density at radius 2 is 1.58 bits per heavy atom. The Hall–Kier alpha value is -2.05. The average Bonchev–Trinajstić information content (AvgIpc) is 2.63. The Morgan fingerprint density at radius 1 is 0.885 bits per heavy atom. The standard InChI is InChI=1S/C20H19BrO4S/c1-26(22,23)17-10-8-16(9-11-17)24-13-4-14-25-19-12-7-15-5-2-3-6-18(15)20(19)21/h2-3,5-12H,4,13-14H2,1H3. The molecule has 0 fully saturated rings. The van der Waals surface area contributed by atoms with Gasteiger partial charge in [-0.25, -0.2) is 8.42 Å². The van der Waals surface area contributed by atoms with E-state index in [0.717, 1.165) is 21.0 Å². The fraction of sp³-hybridized carbons (Fsp3) is 0.200. The minimum atomic E-state index is -3.18. The predicted octanol–water partition coefficient (Wildman–Crippen LogP) is 4.85. The number of fused-ring (bicyclic) bond motifs is 1. The molecule has 6 heteroatoms. The van der Waals surface area contributed by atoms with Crippen molar-refractivity contribution in [1.29, 1.82) is 0 Å². The summed E-state index contributed by atoms with van der Waals surface area (Å²) in [6.07, 6.45) is 1.90. The van der Waals surface area contributed by atoms with Gasteiger partial charge >= 0.3 is 0 Å². The predicted molar refractivity (Wildman–Crippen MR) is 107 cm³/mol. The van der Waals surface area contributed by atoms with Gasteiger partial charge in [-0.3, -0.25) is 0 Å². The van der Waals surface area contributed by atoms with Crippen molar-refractivity contribution in [2.24, 2.45) is 0 Å². The van der Waals surface area contributed by atoms with Crippen LogP contribution < -0.4 is 9.47 Å². The number of rotatable bonds is 7. The summed E-state index contributed by atoms with van der Waals surface area (Å²) < 4.78 is 35.3. The first kappa shape index (κ1) is 18.7. The molecule has 0 aliphatic heterocycles. The molecular weight excluding hydrogens is 416 g/mol. The first-order chi connectivity index (χ1) is 12.4. The molecular formula is C20H19BrO4S. The molecule has 0 N–H and O–H groups in total. The van der Waals surface area contributed by atoms with E-state index in [0.29, 0.717) is 25.4 Å². The molecule has 3 aromatic carbocycles. The van der Waals surface area contributed by atoms with E-state index in [1.165, 1.54) is 6.26 Å². The second-order valence-electron chi connectivity index (χ2n) is 5.89. The maximum atomic E-state index is 11.4. The van der Waals surface area contributed by atoms with E-state index in [1.807, 2.05) is 24.3 Å². The number of hydrogen-bond acceptors (Lipinski definition) is 4. The van der Waals surface area contributed by atoms with Gasteiger partial charge in [-0.15, -0.1) is 0 Å². The van der Waals surface area contributed by atoms with Gasteiger partial charge in [0.25, 0.3) is 0 Å². The average molecular weight is 435 g/mol. The van der Waals surface area contributed by atoms with Gasteiger partial charge in [-0.05, 0) is 57.0 Å². The Kier molecular flexibility index (Phi) is 5.84. The molecule has 0 aromatic heterocycles. The summed E-state index contributed by atoms with van der Waals surface area (Å²) in [4.78, 5) is 0.286. The van der Waals surface area contributed by atoms with Gasteiger partial charge < -0.3 is 9.47 Å². The van der Waals surface area contributed by atoms with E-state index in [1.54, 1.807) is 24.3 Å². The lowest BCUT2D eigenvalue weighted by atomic mass is 10.1. The second kappa shape index (κ2) is 8.10. The Labute approximate surface area is 161 Å². The van der Waals surface area contributed by atoms with E-state index in [4.69, 9.17) is 9.47 Å². The SMILES string of the molecule is CS(=O)(=O)c1ccc(OCCCOc2ccc3ccccc3c2Br)cc1. The summed E-state index contributed by atoms with van der Waals surface area (Å²) in [6, 6.07) is 18.5. The van der Waals surface area contributed by atoms with Crippen LogP contribution in [-0.2, 0) is 9.84 Å². The first-order valence-corrected chi connectivity index (χ1v) is 10.9. The summed E-state index contributed by atoms with van der Waals surface area (Å²) in [7, 11) is -3.18. The summed E-state index contributed by atoms with van der Waals surface area (Å²) in [5.74, 6) is 1.45. The lowest BCUT2D eigenvalue weighted by molar-refractivity contribution is 0.247. The highest BCUT2D eigenvalue weighted by molar-refractivity contribution is 9.10.